The van der Waals surface area contributed by atoms with Crippen LogP contribution in [0.5, 0.6) is 5.88 Å². The molecule has 144 valence electrons. The Hall–Kier alpha value is -2.93. The van der Waals surface area contributed by atoms with E-state index in [2.05, 4.69) is 26.3 Å². The molecule has 0 bridgehead atoms. The summed E-state index contributed by atoms with van der Waals surface area (Å²) in [5.74, 6) is 2.16. The molecule has 0 spiro atoms. The molecular weight excluding hydrogens is 372 g/mol. The molecule has 4 rings (SSSR count). The number of aryl methyl sites for hydroxylation is 1. The molecule has 0 saturated carbocycles. The number of nitrogens with zero attached hydrogens (tertiary/aromatic N) is 4. The van der Waals surface area contributed by atoms with Crippen molar-refractivity contribution >= 4 is 23.1 Å². The summed E-state index contributed by atoms with van der Waals surface area (Å²) in [6.07, 6.45) is 0. The summed E-state index contributed by atoms with van der Waals surface area (Å²) in [5, 5.41) is 2.06. The van der Waals surface area contributed by atoms with Crippen molar-refractivity contribution in [3.8, 4) is 16.3 Å². The van der Waals surface area contributed by atoms with Crippen LogP contribution in [0.2, 0.25) is 0 Å². The lowest BCUT2D eigenvalue weighted by atomic mass is 10.1. The van der Waals surface area contributed by atoms with E-state index in [4.69, 9.17) is 4.74 Å². The molecule has 0 aliphatic carbocycles. The van der Waals surface area contributed by atoms with Gasteiger partial charge >= 0.3 is 0 Å². The first-order chi connectivity index (χ1) is 13.6. The van der Waals surface area contributed by atoms with Gasteiger partial charge in [-0.2, -0.15) is 4.98 Å². The fraction of sp³-hybridized carbons (Fsp3) is 0.286. The molecule has 28 heavy (non-hydrogen) atoms. The minimum Gasteiger partial charge on any atom is -0.481 e. The molecular formula is C21H22N4O2S. The van der Waals surface area contributed by atoms with Gasteiger partial charge in [0, 0.05) is 42.7 Å². The van der Waals surface area contributed by atoms with Gasteiger partial charge in [-0.05, 0) is 36.1 Å². The van der Waals surface area contributed by atoms with Crippen LogP contribution in [0.1, 0.15) is 16.2 Å². The molecule has 1 aliphatic heterocycles. The molecule has 1 fully saturated rings. The quantitative estimate of drug-likeness (QED) is 0.678. The molecule has 6 nitrogen and oxygen atoms in total. The van der Waals surface area contributed by atoms with Gasteiger partial charge in [-0.15, -0.1) is 11.3 Å². The van der Waals surface area contributed by atoms with Crippen LogP contribution in [0, 0.1) is 6.92 Å². The number of thiophene rings is 1. The number of piperazine rings is 1. The van der Waals surface area contributed by atoms with Gasteiger partial charge < -0.3 is 14.5 Å². The molecule has 7 heteroatoms. The summed E-state index contributed by atoms with van der Waals surface area (Å²) in [6.45, 7) is 4.65. The number of benzene rings is 1. The normalized spacial score (nSPS) is 14.2. The fourth-order valence-electron chi connectivity index (χ4n) is 3.33. The van der Waals surface area contributed by atoms with E-state index in [9.17, 15) is 4.79 Å². The highest BCUT2D eigenvalue weighted by atomic mass is 32.1. The zero-order valence-electron chi connectivity index (χ0n) is 16.0. The lowest BCUT2D eigenvalue weighted by molar-refractivity contribution is 0.0746. The Morgan fingerprint density at radius 3 is 2.46 bits per heavy atom. The third kappa shape index (κ3) is 3.84. The maximum atomic E-state index is 12.9. The van der Waals surface area contributed by atoms with Gasteiger partial charge in [-0.3, -0.25) is 4.79 Å². The first kappa shape index (κ1) is 18.4. The monoisotopic (exact) mass is 394 g/mol. The number of methoxy groups -OCH3 is 1. The second kappa shape index (κ2) is 7.98. The number of hydrogen-bond acceptors (Lipinski definition) is 6. The van der Waals surface area contributed by atoms with Crippen LogP contribution in [0.4, 0.5) is 5.82 Å². The summed E-state index contributed by atoms with van der Waals surface area (Å²) in [7, 11) is 1.60. The van der Waals surface area contributed by atoms with Crippen molar-refractivity contribution in [1.29, 1.82) is 0 Å². The molecule has 0 radical (unpaired) electrons. The van der Waals surface area contributed by atoms with Crippen LogP contribution in [-0.4, -0.2) is 54.1 Å². The van der Waals surface area contributed by atoms with Crippen LogP contribution in [-0.2, 0) is 0 Å². The highest BCUT2D eigenvalue weighted by Crippen LogP contribution is 2.25. The average molecular weight is 395 g/mol. The van der Waals surface area contributed by atoms with Crippen molar-refractivity contribution in [3.05, 3.63) is 59.2 Å². The van der Waals surface area contributed by atoms with E-state index in [1.807, 2.05) is 48.2 Å². The predicted molar refractivity (Wildman–Crippen MR) is 111 cm³/mol. The van der Waals surface area contributed by atoms with Crippen molar-refractivity contribution in [1.82, 2.24) is 14.9 Å². The minimum absolute atomic E-state index is 0.0776. The largest absolute Gasteiger partial charge is 0.481 e. The van der Waals surface area contributed by atoms with Crippen LogP contribution < -0.4 is 9.64 Å². The number of ether oxygens (including phenoxy) is 1. The maximum Gasteiger partial charge on any atom is 0.253 e. The van der Waals surface area contributed by atoms with Gasteiger partial charge in [0.15, 0.2) is 0 Å². The lowest BCUT2D eigenvalue weighted by Crippen LogP contribution is -2.49. The average Bonchev–Trinajstić information content (AvgIpc) is 3.28. The second-order valence-corrected chi connectivity index (χ2v) is 7.60. The van der Waals surface area contributed by atoms with Crippen LogP contribution in [0.3, 0.4) is 0 Å². The third-order valence-corrected chi connectivity index (χ3v) is 5.76. The smallest absolute Gasteiger partial charge is 0.253 e. The van der Waals surface area contributed by atoms with Crippen molar-refractivity contribution in [3.63, 3.8) is 0 Å². The number of amides is 1. The Balaban J connectivity index is 1.41. The lowest BCUT2D eigenvalue weighted by Gasteiger charge is -2.35. The zero-order chi connectivity index (χ0) is 19.5. The Kier molecular flexibility index (Phi) is 5.25. The Morgan fingerprint density at radius 1 is 1.07 bits per heavy atom. The van der Waals surface area contributed by atoms with E-state index in [1.165, 1.54) is 4.88 Å². The van der Waals surface area contributed by atoms with Gasteiger partial charge in [0.1, 0.15) is 11.6 Å². The molecule has 1 saturated heterocycles. The van der Waals surface area contributed by atoms with Crippen molar-refractivity contribution in [2.75, 3.05) is 38.2 Å². The molecule has 3 heterocycles. The fourth-order valence-corrected chi connectivity index (χ4v) is 4.07. The molecule has 0 N–H and O–H groups in total. The number of carbonyl (C=O) groups excluding carboxylic acids is 1. The SMILES string of the molecule is COc1cc(N2CCN(C(=O)c3ccc(-c4cccs4)cc3)CC2)nc(C)n1. The van der Waals surface area contributed by atoms with Crippen molar-refractivity contribution in [2.24, 2.45) is 0 Å². The summed E-state index contributed by atoms with van der Waals surface area (Å²) < 4.78 is 5.24. The van der Waals surface area contributed by atoms with Gasteiger partial charge in [-0.25, -0.2) is 4.98 Å². The number of anilines is 1. The van der Waals surface area contributed by atoms with E-state index in [-0.39, 0.29) is 5.91 Å². The standard InChI is InChI=1S/C21H22N4O2S/c1-15-22-19(14-20(23-15)27-2)24-9-11-25(12-10-24)21(26)17-7-5-16(6-8-17)18-4-3-13-28-18/h3-8,13-14H,9-12H2,1-2H3. The summed E-state index contributed by atoms with van der Waals surface area (Å²) in [5.41, 5.74) is 1.87. The maximum absolute atomic E-state index is 12.9. The number of hydrogen-bond donors (Lipinski definition) is 0. The molecule has 1 amide bonds. The Morgan fingerprint density at radius 2 is 1.82 bits per heavy atom. The predicted octanol–water partition coefficient (Wildman–Crippen LogP) is 3.48. The Bertz CT molecular complexity index is 949. The number of aromatic nitrogens is 2. The van der Waals surface area contributed by atoms with Crippen molar-refractivity contribution < 1.29 is 9.53 Å². The van der Waals surface area contributed by atoms with Gasteiger partial charge in [0.05, 0.1) is 7.11 Å². The molecule has 3 aromatic rings. The second-order valence-electron chi connectivity index (χ2n) is 6.65. The van der Waals surface area contributed by atoms with Gasteiger partial charge in [0.2, 0.25) is 5.88 Å². The number of carbonyl (C=O) groups is 1. The van der Waals surface area contributed by atoms with E-state index in [0.29, 0.717) is 24.8 Å². The first-order valence-corrected chi connectivity index (χ1v) is 10.1. The van der Waals surface area contributed by atoms with Crippen molar-refractivity contribution in [2.45, 2.75) is 6.92 Å². The molecule has 0 unspecified atom stereocenters. The highest BCUT2D eigenvalue weighted by molar-refractivity contribution is 7.13. The van der Waals surface area contributed by atoms with E-state index in [1.54, 1.807) is 18.4 Å². The molecule has 0 atom stereocenters. The number of rotatable bonds is 4. The van der Waals surface area contributed by atoms with Gasteiger partial charge in [0.25, 0.3) is 5.91 Å². The molecule has 1 aliphatic rings. The van der Waals surface area contributed by atoms with E-state index >= 15 is 0 Å². The minimum atomic E-state index is 0.0776. The summed E-state index contributed by atoms with van der Waals surface area (Å²) >= 11 is 1.70. The van der Waals surface area contributed by atoms with Gasteiger partial charge in [-0.1, -0.05) is 18.2 Å². The molecule has 2 aromatic heterocycles. The summed E-state index contributed by atoms with van der Waals surface area (Å²) in [6, 6.07) is 13.8. The molecule has 1 aromatic carbocycles. The zero-order valence-corrected chi connectivity index (χ0v) is 16.8. The van der Waals surface area contributed by atoms with E-state index in [0.717, 1.165) is 30.0 Å². The Labute approximate surface area is 168 Å². The van der Waals surface area contributed by atoms with Crippen LogP contribution in [0.25, 0.3) is 10.4 Å². The van der Waals surface area contributed by atoms with Crippen LogP contribution >= 0.6 is 11.3 Å². The van der Waals surface area contributed by atoms with E-state index < -0.39 is 0 Å². The first-order valence-electron chi connectivity index (χ1n) is 9.22. The topological polar surface area (TPSA) is 58.6 Å². The third-order valence-electron chi connectivity index (χ3n) is 4.84. The summed E-state index contributed by atoms with van der Waals surface area (Å²) in [4.78, 5) is 26.9. The van der Waals surface area contributed by atoms with Crippen LogP contribution in [0.15, 0.2) is 47.8 Å². The highest BCUT2D eigenvalue weighted by Gasteiger charge is 2.23.